The number of primary amides is 1. The second-order valence-corrected chi connectivity index (χ2v) is 8.26. The van der Waals surface area contributed by atoms with Crippen LogP contribution in [0.25, 0.3) is 0 Å². The van der Waals surface area contributed by atoms with Gasteiger partial charge >= 0.3 is 6.09 Å². The number of benzene rings is 1. The van der Waals surface area contributed by atoms with E-state index < -0.39 is 28.9 Å². The molecule has 1 aromatic rings. The standard InChI is InChI=1S/C15H25N3O5S/c1-15(2,23-14(16)20)8-7-11-3-5-12(6-4-11)9-18-10-13(19)17-24(18,21)22/h3-6,13,17,19,21-22H,7-10H2,1-2H3,(H2,16,20). The second-order valence-electron chi connectivity index (χ2n) is 6.47. The van der Waals surface area contributed by atoms with E-state index in [1.54, 1.807) is 0 Å². The predicted molar refractivity (Wildman–Crippen MR) is 91.9 cm³/mol. The Morgan fingerprint density at radius 2 is 1.96 bits per heavy atom. The zero-order chi connectivity index (χ0) is 18.0. The largest absolute Gasteiger partial charge is 0.444 e. The Hall–Kier alpha value is -1.36. The SMILES string of the molecule is CC(C)(CCc1ccc(CN2CC(O)NS2(O)O)cc1)OC(N)=O. The molecule has 0 bridgehead atoms. The Kier molecular flexibility index (Phi) is 5.74. The number of carbonyl (C=O) groups is 1. The number of nitrogens with one attached hydrogen (secondary N) is 1. The summed E-state index contributed by atoms with van der Waals surface area (Å²) < 4.78 is 28.5. The van der Waals surface area contributed by atoms with Crippen LogP contribution in [-0.4, -0.2) is 43.0 Å². The Morgan fingerprint density at radius 1 is 1.38 bits per heavy atom. The summed E-state index contributed by atoms with van der Waals surface area (Å²) in [5, 5.41) is 9.47. The molecule has 0 aromatic heterocycles. The van der Waals surface area contributed by atoms with E-state index in [4.69, 9.17) is 10.5 Å². The molecular weight excluding hydrogens is 334 g/mol. The highest BCUT2D eigenvalue weighted by atomic mass is 32.3. The van der Waals surface area contributed by atoms with Crippen molar-refractivity contribution in [3.05, 3.63) is 35.4 Å². The quantitative estimate of drug-likeness (QED) is 0.524. The molecule has 24 heavy (non-hydrogen) atoms. The first-order valence-corrected chi connectivity index (χ1v) is 9.13. The molecule has 0 saturated carbocycles. The van der Waals surface area contributed by atoms with Gasteiger partial charge in [0.15, 0.2) is 0 Å². The predicted octanol–water partition coefficient (Wildman–Crippen LogP) is 1.80. The number of amides is 1. The van der Waals surface area contributed by atoms with Crippen molar-refractivity contribution in [3.63, 3.8) is 0 Å². The monoisotopic (exact) mass is 359 g/mol. The molecule has 1 atom stereocenters. The number of nitrogens with zero attached hydrogens (tertiary/aromatic N) is 1. The number of aliphatic hydroxyl groups is 1. The van der Waals surface area contributed by atoms with Crippen LogP contribution < -0.4 is 10.5 Å². The van der Waals surface area contributed by atoms with Gasteiger partial charge in [-0.15, -0.1) is 0 Å². The highest BCUT2D eigenvalue weighted by molar-refractivity contribution is 8.20. The van der Waals surface area contributed by atoms with Crippen molar-refractivity contribution >= 4 is 17.1 Å². The molecule has 1 unspecified atom stereocenters. The Labute approximate surface area is 143 Å². The summed E-state index contributed by atoms with van der Waals surface area (Å²) in [7, 11) is -3.11. The molecule has 1 amide bonds. The van der Waals surface area contributed by atoms with Gasteiger partial charge in [0.05, 0.1) is 6.54 Å². The molecule has 1 aliphatic heterocycles. The zero-order valence-corrected chi connectivity index (χ0v) is 14.6. The van der Waals surface area contributed by atoms with E-state index in [2.05, 4.69) is 4.72 Å². The van der Waals surface area contributed by atoms with Gasteiger partial charge in [0.25, 0.3) is 0 Å². The van der Waals surface area contributed by atoms with Gasteiger partial charge in [-0.3, -0.25) is 9.11 Å². The minimum absolute atomic E-state index is 0.155. The van der Waals surface area contributed by atoms with Crippen molar-refractivity contribution in [3.8, 4) is 0 Å². The normalized spacial score (nSPS) is 22.3. The molecule has 1 aliphatic rings. The molecule has 1 fully saturated rings. The molecule has 8 nitrogen and oxygen atoms in total. The highest BCUT2D eigenvalue weighted by Gasteiger charge is 2.34. The summed E-state index contributed by atoms with van der Waals surface area (Å²) in [5.74, 6) is 0. The molecule has 1 heterocycles. The number of ether oxygens (including phenoxy) is 1. The molecule has 1 aromatic carbocycles. The maximum Gasteiger partial charge on any atom is 0.405 e. The number of aliphatic hydroxyl groups excluding tert-OH is 1. The Balaban J connectivity index is 1.90. The fourth-order valence-corrected chi connectivity index (χ4v) is 3.80. The molecule has 0 aliphatic carbocycles. The van der Waals surface area contributed by atoms with Gasteiger partial charge in [-0.2, -0.15) is 9.03 Å². The van der Waals surface area contributed by atoms with Crippen molar-refractivity contribution in [1.29, 1.82) is 0 Å². The van der Waals surface area contributed by atoms with E-state index in [0.29, 0.717) is 13.0 Å². The number of hydrogen-bond acceptors (Lipinski definition) is 7. The summed E-state index contributed by atoms with van der Waals surface area (Å²) in [6, 6.07) is 7.69. The van der Waals surface area contributed by atoms with Gasteiger partial charge in [-0.05, 0) is 37.8 Å². The fourth-order valence-electron chi connectivity index (χ4n) is 2.53. The van der Waals surface area contributed by atoms with E-state index in [9.17, 15) is 19.0 Å². The van der Waals surface area contributed by atoms with Gasteiger partial charge in [-0.25, -0.2) is 4.79 Å². The summed E-state index contributed by atoms with van der Waals surface area (Å²) >= 11 is 0. The minimum atomic E-state index is -3.11. The van der Waals surface area contributed by atoms with Crippen molar-refractivity contribution in [1.82, 2.24) is 9.03 Å². The molecular formula is C15H25N3O5S. The third kappa shape index (κ3) is 5.33. The van der Waals surface area contributed by atoms with Gasteiger partial charge in [0.2, 0.25) is 0 Å². The maximum atomic E-state index is 10.8. The van der Waals surface area contributed by atoms with Crippen molar-refractivity contribution in [2.45, 2.75) is 45.1 Å². The lowest BCUT2D eigenvalue weighted by molar-refractivity contribution is 0.0394. The number of β-amino-alcohol motifs (C(OH)–C–C–N with tert-alkyl or cyclic N) is 1. The van der Waals surface area contributed by atoms with Crippen molar-refractivity contribution < 1.29 is 23.7 Å². The molecule has 2 rings (SSSR count). The lowest BCUT2D eigenvalue weighted by Gasteiger charge is -2.35. The van der Waals surface area contributed by atoms with E-state index in [-0.39, 0.29) is 6.54 Å². The number of carbonyl (C=O) groups excluding carboxylic acids is 1. The van der Waals surface area contributed by atoms with Crippen LogP contribution >= 0.6 is 11.0 Å². The number of hydrogen-bond donors (Lipinski definition) is 5. The van der Waals surface area contributed by atoms with Gasteiger partial charge in [-0.1, -0.05) is 35.2 Å². The Bertz CT molecular complexity index is 579. The number of aryl methyl sites for hydroxylation is 1. The summed E-state index contributed by atoms with van der Waals surface area (Å²) in [6.07, 6.45) is -0.366. The van der Waals surface area contributed by atoms with Crippen LogP contribution in [0, 0.1) is 0 Å². The van der Waals surface area contributed by atoms with Crippen LogP contribution in [-0.2, 0) is 17.7 Å². The van der Waals surface area contributed by atoms with Gasteiger partial charge in [0, 0.05) is 6.54 Å². The van der Waals surface area contributed by atoms with Crippen LogP contribution in [0.4, 0.5) is 4.79 Å². The average molecular weight is 359 g/mol. The molecule has 136 valence electrons. The van der Waals surface area contributed by atoms with Crippen LogP contribution in [0.3, 0.4) is 0 Å². The van der Waals surface area contributed by atoms with Crippen LogP contribution in [0.1, 0.15) is 31.4 Å². The van der Waals surface area contributed by atoms with Crippen molar-refractivity contribution in [2.75, 3.05) is 6.54 Å². The maximum absolute atomic E-state index is 10.8. The highest BCUT2D eigenvalue weighted by Crippen LogP contribution is 2.44. The molecule has 0 radical (unpaired) electrons. The van der Waals surface area contributed by atoms with Crippen LogP contribution in [0.5, 0.6) is 0 Å². The van der Waals surface area contributed by atoms with E-state index in [1.165, 1.54) is 4.31 Å². The fraction of sp³-hybridized carbons (Fsp3) is 0.533. The second kappa shape index (κ2) is 7.26. The van der Waals surface area contributed by atoms with Gasteiger partial charge < -0.3 is 15.6 Å². The topological polar surface area (TPSA) is 128 Å². The molecule has 1 saturated heterocycles. The summed E-state index contributed by atoms with van der Waals surface area (Å²) in [4.78, 5) is 10.8. The summed E-state index contributed by atoms with van der Waals surface area (Å²) in [6.45, 7) is 4.09. The summed E-state index contributed by atoms with van der Waals surface area (Å²) in [5.41, 5.74) is 6.40. The van der Waals surface area contributed by atoms with Crippen LogP contribution in [0.2, 0.25) is 0 Å². The number of nitrogens with two attached hydrogens (primary N) is 1. The molecule has 9 heteroatoms. The lowest BCUT2D eigenvalue weighted by Crippen LogP contribution is -2.31. The minimum Gasteiger partial charge on any atom is -0.444 e. The van der Waals surface area contributed by atoms with E-state index in [1.807, 2.05) is 38.1 Å². The first-order chi connectivity index (χ1) is 11.1. The third-order valence-electron chi connectivity index (χ3n) is 3.81. The van der Waals surface area contributed by atoms with E-state index >= 15 is 0 Å². The first kappa shape index (κ1) is 19.0. The first-order valence-electron chi connectivity index (χ1n) is 7.62. The third-order valence-corrected chi connectivity index (χ3v) is 5.39. The van der Waals surface area contributed by atoms with Crippen LogP contribution in [0.15, 0.2) is 24.3 Å². The molecule has 0 spiro atoms. The smallest absolute Gasteiger partial charge is 0.405 e. The lowest BCUT2D eigenvalue weighted by atomic mass is 9.98. The molecule has 6 N–H and O–H groups in total. The zero-order valence-electron chi connectivity index (χ0n) is 13.8. The van der Waals surface area contributed by atoms with Crippen molar-refractivity contribution in [2.24, 2.45) is 5.73 Å². The van der Waals surface area contributed by atoms with Gasteiger partial charge in [0.1, 0.15) is 11.8 Å². The number of rotatable bonds is 6. The average Bonchev–Trinajstić information content (AvgIpc) is 2.69. The van der Waals surface area contributed by atoms with E-state index in [0.717, 1.165) is 17.5 Å². The Morgan fingerprint density at radius 3 is 2.46 bits per heavy atom.